The maximum absolute atomic E-state index is 12.0. The minimum atomic E-state index is -0.345. The molecule has 0 heterocycles. The van der Waals surface area contributed by atoms with E-state index in [1.165, 1.54) is 13.8 Å². The van der Waals surface area contributed by atoms with Gasteiger partial charge in [0.15, 0.2) is 0 Å². The second-order valence-electron chi connectivity index (χ2n) is 10.8. The fraction of sp³-hybridized carbons (Fsp3) is 0.517. The molecule has 4 nitrogen and oxygen atoms in total. The second kappa shape index (κ2) is 10.1. The molecule has 0 aliphatic carbocycles. The molecule has 0 aromatic heterocycles. The van der Waals surface area contributed by atoms with Gasteiger partial charge in [0.05, 0.1) is 0 Å². The maximum atomic E-state index is 12.0. The van der Waals surface area contributed by atoms with E-state index in [4.69, 9.17) is 9.47 Å². The molecule has 0 spiro atoms. The highest BCUT2D eigenvalue weighted by molar-refractivity contribution is 5.72. The second-order valence-corrected chi connectivity index (χ2v) is 10.8. The third-order valence-corrected chi connectivity index (χ3v) is 5.83. The molecule has 0 amide bonds. The molecule has 180 valence electrons. The van der Waals surface area contributed by atoms with E-state index in [1.54, 1.807) is 0 Å². The van der Waals surface area contributed by atoms with Crippen LogP contribution >= 0.6 is 0 Å². The first-order valence-electron chi connectivity index (χ1n) is 11.9. The number of esters is 2. The quantitative estimate of drug-likeness (QED) is 0.355. The van der Waals surface area contributed by atoms with Gasteiger partial charge in [-0.15, -0.1) is 0 Å². The largest absolute Gasteiger partial charge is 0.426 e. The van der Waals surface area contributed by atoms with Gasteiger partial charge < -0.3 is 9.47 Å². The van der Waals surface area contributed by atoms with Gasteiger partial charge in [-0.25, -0.2) is 0 Å². The first-order valence-corrected chi connectivity index (χ1v) is 11.9. The van der Waals surface area contributed by atoms with Gasteiger partial charge in [-0.2, -0.15) is 0 Å². The van der Waals surface area contributed by atoms with Crippen LogP contribution < -0.4 is 9.47 Å². The Labute approximate surface area is 199 Å². The summed E-state index contributed by atoms with van der Waals surface area (Å²) in [4.78, 5) is 24.0. The average molecular weight is 453 g/mol. The summed E-state index contributed by atoms with van der Waals surface area (Å²) in [5.74, 6) is 0.476. The zero-order chi connectivity index (χ0) is 25.1. The minimum absolute atomic E-state index is 0.164. The van der Waals surface area contributed by atoms with Crippen LogP contribution in [0.1, 0.15) is 103 Å². The van der Waals surface area contributed by atoms with Crippen LogP contribution in [0.5, 0.6) is 11.5 Å². The van der Waals surface area contributed by atoms with Crippen molar-refractivity contribution in [3.8, 4) is 11.5 Å². The molecule has 0 saturated heterocycles. The molecule has 0 saturated carbocycles. The third kappa shape index (κ3) is 6.69. The first-order chi connectivity index (χ1) is 15.2. The lowest BCUT2D eigenvalue weighted by Gasteiger charge is -2.29. The van der Waals surface area contributed by atoms with Crippen molar-refractivity contribution in [2.75, 3.05) is 0 Å². The molecule has 0 bridgehead atoms. The zero-order valence-electron chi connectivity index (χ0n) is 22.1. The van der Waals surface area contributed by atoms with Crippen LogP contribution in [0.4, 0.5) is 0 Å². The highest BCUT2D eigenvalue weighted by atomic mass is 16.5. The van der Waals surface area contributed by atoms with E-state index >= 15 is 0 Å². The summed E-state index contributed by atoms with van der Waals surface area (Å²) in [6.07, 6.45) is 2.18. The van der Waals surface area contributed by atoms with Crippen molar-refractivity contribution in [3.63, 3.8) is 0 Å². The third-order valence-electron chi connectivity index (χ3n) is 5.83. The van der Waals surface area contributed by atoms with Gasteiger partial charge in [-0.1, -0.05) is 67.5 Å². The summed E-state index contributed by atoms with van der Waals surface area (Å²) in [5.41, 5.74) is 6.09. The van der Waals surface area contributed by atoms with E-state index < -0.39 is 0 Å². The van der Waals surface area contributed by atoms with E-state index in [2.05, 4.69) is 67.5 Å². The number of hydrogen-bond acceptors (Lipinski definition) is 4. The van der Waals surface area contributed by atoms with Crippen molar-refractivity contribution < 1.29 is 19.1 Å². The van der Waals surface area contributed by atoms with E-state index in [0.29, 0.717) is 17.9 Å². The van der Waals surface area contributed by atoms with Crippen LogP contribution in [0.25, 0.3) is 0 Å². The first kappa shape index (κ1) is 26.6. The van der Waals surface area contributed by atoms with Crippen molar-refractivity contribution in [2.24, 2.45) is 0 Å². The van der Waals surface area contributed by atoms with Gasteiger partial charge in [-0.3, -0.25) is 9.59 Å². The molecule has 0 radical (unpaired) electrons. The lowest BCUT2D eigenvalue weighted by molar-refractivity contribution is -0.132. The van der Waals surface area contributed by atoms with Gasteiger partial charge in [0.1, 0.15) is 11.5 Å². The Morgan fingerprint density at radius 1 is 0.667 bits per heavy atom. The van der Waals surface area contributed by atoms with Crippen LogP contribution in [-0.2, 0) is 39.7 Å². The Hall–Kier alpha value is -2.62. The van der Waals surface area contributed by atoms with Gasteiger partial charge in [0, 0.05) is 31.4 Å². The van der Waals surface area contributed by atoms with Crippen LogP contribution in [0.2, 0.25) is 0 Å². The molecule has 0 unspecified atom stereocenters. The number of rotatable bonds is 6. The fourth-order valence-corrected chi connectivity index (χ4v) is 4.18. The SMILES string of the molecule is CCc1cc(OC(C)=O)c(Cc2c(OC(C)=O)cc(CC)cc2C(C)(C)C)c(C(C)(C)C)c1. The molecule has 0 aliphatic heterocycles. The molecule has 0 atom stereocenters. The van der Waals surface area contributed by atoms with Crippen molar-refractivity contribution in [1.29, 1.82) is 0 Å². The molecular formula is C29H40O4. The number of carbonyl (C=O) groups excluding carboxylic acids is 2. The van der Waals surface area contributed by atoms with Gasteiger partial charge in [-0.05, 0) is 58.1 Å². The molecule has 2 aromatic rings. The summed E-state index contributed by atoms with van der Waals surface area (Å²) >= 11 is 0. The van der Waals surface area contributed by atoms with E-state index in [0.717, 1.165) is 46.2 Å². The van der Waals surface area contributed by atoms with E-state index in [9.17, 15) is 9.59 Å². The zero-order valence-corrected chi connectivity index (χ0v) is 22.1. The lowest BCUT2D eigenvalue weighted by Crippen LogP contribution is -2.20. The highest BCUT2D eigenvalue weighted by Crippen LogP contribution is 2.40. The summed E-state index contributed by atoms with van der Waals surface area (Å²) < 4.78 is 11.5. The predicted molar refractivity (Wildman–Crippen MR) is 134 cm³/mol. The van der Waals surface area contributed by atoms with E-state index in [1.807, 2.05) is 12.1 Å². The topological polar surface area (TPSA) is 52.6 Å². The Bertz CT molecular complexity index is 950. The van der Waals surface area contributed by atoms with Crippen LogP contribution in [0, 0.1) is 0 Å². The molecular weight excluding hydrogens is 412 g/mol. The molecule has 0 N–H and O–H groups in total. The van der Waals surface area contributed by atoms with Gasteiger partial charge in [0.2, 0.25) is 0 Å². The number of benzene rings is 2. The Balaban J connectivity index is 2.90. The van der Waals surface area contributed by atoms with Gasteiger partial charge >= 0.3 is 11.9 Å². The van der Waals surface area contributed by atoms with Crippen molar-refractivity contribution >= 4 is 11.9 Å². The molecule has 2 aromatic carbocycles. The van der Waals surface area contributed by atoms with Crippen LogP contribution in [-0.4, -0.2) is 11.9 Å². The lowest BCUT2D eigenvalue weighted by atomic mass is 9.77. The molecule has 33 heavy (non-hydrogen) atoms. The number of hydrogen-bond donors (Lipinski definition) is 0. The fourth-order valence-electron chi connectivity index (χ4n) is 4.18. The maximum Gasteiger partial charge on any atom is 0.308 e. The predicted octanol–water partition coefficient (Wildman–Crippen LogP) is 6.85. The molecule has 4 heteroatoms. The van der Waals surface area contributed by atoms with E-state index in [-0.39, 0.29) is 22.8 Å². The number of carbonyl (C=O) groups is 2. The average Bonchev–Trinajstić information content (AvgIpc) is 2.67. The Morgan fingerprint density at radius 3 is 1.24 bits per heavy atom. The smallest absolute Gasteiger partial charge is 0.308 e. The summed E-state index contributed by atoms with van der Waals surface area (Å²) in [5, 5.41) is 0. The number of ether oxygens (including phenoxy) is 2. The number of aryl methyl sites for hydroxylation is 2. The van der Waals surface area contributed by atoms with Gasteiger partial charge in [0.25, 0.3) is 0 Å². The van der Waals surface area contributed by atoms with Crippen molar-refractivity contribution in [1.82, 2.24) is 0 Å². The molecule has 0 fully saturated rings. The molecule has 0 aliphatic rings. The monoisotopic (exact) mass is 452 g/mol. The van der Waals surface area contributed by atoms with Crippen LogP contribution in [0.3, 0.4) is 0 Å². The summed E-state index contributed by atoms with van der Waals surface area (Å²) in [6, 6.07) is 8.36. The Morgan fingerprint density at radius 2 is 1.00 bits per heavy atom. The highest BCUT2D eigenvalue weighted by Gasteiger charge is 2.28. The Kier molecular flexibility index (Phi) is 8.16. The van der Waals surface area contributed by atoms with Crippen LogP contribution in [0.15, 0.2) is 24.3 Å². The van der Waals surface area contributed by atoms with Crippen molar-refractivity contribution in [2.45, 2.75) is 99.3 Å². The minimum Gasteiger partial charge on any atom is -0.426 e. The summed E-state index contributed by atoms with van der Waals surface area (Å²) in [6.45, 7) is 20.1. The van der Waals surface area contributed by atoms with Crippen molar-refractivity contribution in [3.05, 3.63) is 57.6 Å². The summed E-state index contributed by atoms with van der Waals surface area (Å²) in [7, 11) is 0. The standard InChI is InChI=1S/C29H40O4/c1-11-20-13-24(28(5,6)7)22(26(15-20)32-18(3)30)17-23-25(29(8,9)10)14-21(12-2)16-27(23)33-19(4)31/h13-16H,11-12,17H2,1-10H3. The normalized spacial score (nSPS) is 11.9. The molecule has 2 rings (SSSR count).